The molecule has 1 N–H and O–H groups in total. The van der Waals surface area contributed by atoms with Crippen molar-refractivity contribution in [3.05, 3.63) is 93.1 Å². The molecule has 7 nitrogen and oxygen atoms in total. The molecular formula is C32H44N2O5. The summed E-state index contributed by atoms with van der Waals surface area (Å²) < 4.78 is 11.6. The van der Waals surface area contributed by atoms with Crippen LogP contribution in [0, 0.1) is 19.8 Å². The molecule has 1 aromatic carbocycles. The first-order valence-corrected chi connectivity index (χ1v) is 13.5. The fourth-order valence-electron chi connectivity index (χ4n) is 4.35. The van der Waals surface area contributed by atoms with Crippen LogP contribution in [0.5, 0.6) is 0 Å². The molecule has 39 heavy (non-hydrogen) atoms. The molecule has 0 saturated carbocycles. The number of nitrogens with zero attached hydrogens (tertiary/aromatic N) is 1. The molecule has 0 aliphatic carbocycles. The van der Waals surface area contributed by atoms with E-state index in [2.05, 4.69) is 11.9 Å². The van der Waals surface area contributed by atoms with E-state index in [1.54, 1.807) is 38.7 Å². The van der Waals surface area contributed by atoms with E-state index < -0.39 is 17.7 Å². The summed E-state index contributed by atoms with van der Waals surface area (Å²) in [6.07, 6.45) is 3.98. The third kappa shape index (κ3) is 9.27. The molecule has 2 rings (SSSR count). The first-order valence-electron chi connectivity index (χ1n) is 13.5. The van der Waals surface area contributed by atoms with E-state index in [9.17, 15) is 14.4 Å². The van der Waals surface area contributed by atoms with Gasteiger partial charge >= 0.3 is 6.09 Å². The summed E-state index contributed by atoms with van der Waals surface area (Å²) in [6.45, 7) is 19.6. The van der Waals surface area contributed by atoms with Crippen LogP contribution in [-0.2, 0) is 11.2 Å². The Balaban J connectivity index is 2.52. The van der Waals surface area contributed by atoms with Crippen molar-refractivity contribution in [1.29, 1.82) is 0 Å². The number of hydrogen-bond donors (Lipinski definition) is 1. The highest BCUT2D eigenvalue weighted by Crippen LogP contribution is 2.33. The lowest BCUT2D eigenvalue weighted by atomic mass is 9.92. The molecule has 0 unspecified atom stereocenters. The number of aryl methyl sites for hydroxylation is 2. The van der Waals surface area contributed by atoms with Gasteiger partial charge in [0.15, 0.2) is 5.43 Å². The van der Waals surface area contributed by atoms with Gasteiger partial charge in [0, 0.05) is 36.7 Å². The van der Waals surface area contributed by atoms with Crippen LogP contribution in [0.15, 0.2) is 63.8 Å². The number of carbonyl (C=O) groups excluding carboxylic acids is 2. The molecular weight excluding hydrogens is 492 g/mol. The standard InChI is InChI=1S/C32H44N2O5/c1-10-24(11-2)20-26-27(35)19-23(6)38-29(26)28(21(3)4)34(30(36)25-15-13-22(5)14-16-25)18-12-17-33-31(37)39-32(7,8)9/h10-11,13-16,19,21,28H,1,12,17-18,20H2,2-9H3,(H,33,37)/b24-11+/t28-/m1/s1. The Hall–Kier alpha value is -3.61. The van der Waals surface area contributed by atoms with Gasteiger partial charge in [-0.25, -0.2) is 4.79 Å². The Morgan fingerprint density at radius 2 is 1.79 bits per heavy atom. The summed E-state index contributed by atoms with van der Waals surface area (Å²) in [6, 6.07) is 8.41. The van der Waals surface area contributed by atoms with Gasteiger partial charge in [0.25, 0.3) is 5.91 Å². The highest BCUT2D eigenvalue weighted by atomic mass is 16.6. The Labute approximate surface area is 232 Å². The molecule has 0 radical (unpaired) electrons. The largest absolute Gasteiger partial charge is 0.464 e. The molecule has 1 aromatic heterocycles. The Morgan fingerprint density at radius 1 is 1.15 bits per heavy atom. The topological polar surface area (TPSA) is 88.8 Å². The van der Waals surface area contributed by atoms with Crippen molar-refractivity contribution in [3.63, 3.8) is 0 Å². The number of ether oxygens (including phenoxy) is 1. The van der Waals surface area contributed by atoms with Crippen molar-refractivity contribution in [2.75, 3.05) is 13.1 Å². The van der Waals surface area contributed by atoms with Crippen LogP contribution in [0.3, 0.4) is 0 Å². The lowest BCUT2D eigenvalue weighted by Crippen LogP contribution is -2.41. The second-order valence-electron chi connectivity index (χ2n) is 11.1. The average Bonchev–Trinajstić information content (AvgIpc) is 2.84. The van der Waals surface area contributed by atoms with E-state index in [1.807, 2.05) is 58.0 Å². The first-order chi connectivity index (χ1) is 18.3. The zero-order valence-electron chi connectivity index (χ0n) is 24.7. The minimum atomic E-state index is -0.601. The molecule has 0 saturated heterocycles. The first kappa shape index (κ1) is 31.6. The van der Waals surface area contributed by atoms with Crippen molar-refractivity contribution in [2.45, 2.75) is 79.9 Å². The molecule has 0 aliphatic heterocycles. The van der Waals surface area contributed by atoms with E-state index in [-0.39, 0.29) is 17.3 Å². The lowest BCUT2D eigenvalue weighted by Gasteiger charge is -2.35. The summed E-state index contributed by atoms with van der Waals surface area (Å²) in [5.41, 5.74) is 2.28. The number of allylic oxidation sites excluding steroid dienone is 3. The fourth-order valence-corrected chi connectivity index (χ4v) is 4.35. The van der Waals surface area contributed by atoms with Crippen molar-refractivity contribution in [2.24, 2.45) is 5.92 Å². The molecule has 2 aromatic rings. The molecule has 1 heterocycles. The van der Waals surface area contributed by atoms with E-state index in [1.165, 1.54) is 6.07 Å². The molecule has 212 valence electrons. The van der Waals surface area contributed by atoms with Crippen LogP contribution < -0.4 is 10.7 Å². The summed E-state index contributed by atoms with van der Waals surface area (Å²) >= 11 is 0. The maximum absolute atomic E-state index is 14.0. The Bertz CT molecular complexity index is 1230. The quantitative estimate of drug-likeness (QED) is 0.255. The molecule has 0 bridgehead atoms. The monoisotopic (exact) mass is 536 g/mol. The minimum absolute atomic E-state index is 0.0697. The Morgan fingerprint density at radius 3 is 2.33 bits per heavy atom. The molecule has 1 atom stereocenters. The fraction of sp³-hybridized carbons (Fsp3) is 0.469. The highest BCUT2D eigenvalue weighted by Gasteiger charge is 2.33. The molecule has 2 amide bonds. The third-order valence-electron chi connectivity index (χ3n) is 6.25. The van der Waals surface area contributed by atoms with Crippen LogP contribution in [0.1, 0.15) is 87.0 Å². The van der Waals surface area contributed by atoms with E-state index in [4.69, 9.17) is 9.15 Å². The van der Waals surface area contributed by atoms with Crippen LogP contribution in [0.25, 0.3) is 0 Å². The van der Waals surface area contributed by atoms with Crippen molar-refractivity contribution in [1.82, 2.24) is 10.2 Å². The van der Waals surface area contributed by atoms with Gasteiger partial charge in [0.05, 0.1) is 6.04 Å². The van der Waals surface area contributed by atoms with Gasteiger partial charge in [0.2, 0.25) is 0 Å². The van der Waals surface area contributed by atoms with E-state index >= 15 is 0 Å². The second-order valence-corrected chi connectivity index (χ2v) is 11.1. The summed E-state index contributed by atoms with van der Waals surface area (Å²) in [5, 5.41) is 2.77. The molecule has 0 spiro atoms. The third-order valence-corrected chi connectivity index (χ3v) is 6.25. The van der Waals surface area contributed by atoms with Gasteiger partial charge in [-0.15, -0.1) is 0 Å². The number of nitrogens with one attached hydrogen (secondary N) is 1. The van der Waals surface area contributed by atoms with E-state index in [0.29, 0.717) is 48.6 Å². The zero-order valence-corrected chi connectivity index (χ0v) is 24.7. The molecule has 0 fully saturated rings. The zero-order chi connectivity index (χ0) is 29.3. The van der Waals surface area contributed by atoms with Crippen molar-refractivity contribution < 1.29 is 18.7 Å². The predicted molar refractivity (Wildman–Crippen MR) is 156 cm³/mol. The summed E-state index contributed by atoms with van der Waals surface area (Å²) in [7, 11) is 0. The SMILES string of the molecule is C=C/C(=C\C)Cc1c([C@@H](C(C)C)N(CCCNC(=O)OC(C)(C)C)C(=O)c2ccc(C)cc2)oc(C)cc1=O. The van der Waals surface area contributed by atoms with Crippen molar-refractivity contribution >= 4 is 12.0 Å². The number of alkyl carbamates (subject to hydrolysis) is 1. The minimum Gasteiger partial charge on any atom is -0.464 e. The van der Waals surface area contributed by atoms with Gasteiger partial charge in [0.1, 0.15) is 17.1 Å². The van der Waals surface area contributed by atoms with Gasteiger partial charge < -0.3 is 19.4 Å². The normalized spacial score (nSPS) is 12.7. The summed E-state index contributed by atoms with van der Waals surface area (Å²) in [5.74, 6) is 0.729. The number of rotatable bonds is 11. The van der Waals surface area contributed by atoms with Crippen molar-refractivity contribution in [3.8, 4) is 0 Å². The predicted octanol–water partition coefficient (Wildman–Crippen LogP) is 6.69. The number of amides is 2. The molecule has 0 aliphatic rings. The smallest absolute Gasteiger partial charge is 0.407 e. The van der Waals surface area contributed by atoms with Gasteiger partial charge in [-0.1, -0.05) is 50.3 Å². The summed E-state index contributed by atoms with van der Waals surface area (Å²) in [4.78, 5) is 41.1. The van der Waals surface area contributed by atoms with Crippen LogP contribution in [0.2, 0.25) is 0 Å². The number of hydrogen-bond acceptors (Lipinski definition) is 5. The maximum Gasteiger partial charge on any atom is 0.407 e. The maximum atomic E-state index is 14.0. The van der Waals surface area contributed by atoms with Crippen LogP contribution in [0.4, 0.5) is 4.79 Å². The second kappa shape index (κ2) is 14.0. The Kier molecular flexibility index (Phi) is 11.3. The van der Waals surface area contributed by atoms with Gasteiger partial charge in [-0.2, -0.15) is 0 Å². The van der Waals surface area contributed by atoms with Crippen LogP contribution >= 0.6 is 0 Å². The average molecular weight is 537 g/mol. The van der Waals surface area contributed by atoms with Gasteiger partial charge in [-0.3, -0.25) is 9.59 Å². The van der Waals surface area contributed by atoms with E-state index in [0.717, 1.165) is 11.1 Å². The van der Waals surface area contributed by atoms with Crippen LogP contribution in [-0.4, -0.2) is 35.6 Å². The highest BCUT2D eigenvalue weighted by molar-refractivity contribution is 5.94. The lowest BCUT2D eigenvalue weighted by molar-refractivity contribution is 0.0516. The number of carbonyl (C=O) groups is 2. The number of benzene rings is 1. The van der Waals surface area contributed by atoms with Gasteiger partial charge in [-0.05, 0) is 71.6 Å². The molecule has 7 heteroatoms.